The molecule has 96 valence electrons. The zero-order valence-corrected chi connectivity index (χ0v) is 12.6. The molecule has 0 heterocycles. The van der Waals surface area contributed by atoms with Crippen LogP contribution in [0, 0.1) is 6.92 Å². The van der Waals surface area contributed by atoms with Crippen LogP contribution >= 0.6 is 0 Å². The average Bonchev–Trinajstić information content (AvgIpc) is 2.13. The molecule has 1 nitrogen and oxygen atoms in total. The van der Waals surface area contributed by atoms with E-state index in [1.807, 2.05) is 0 Å². The third-order valence-corrected chi connectivity index (χ3v) is 3.15. The zero-order valence-electron chi connectivity index (χ0n) is 12.6. The Labute approximate surface area is 106 Å². The first-order valence-corrected chi connectivity index (χ1v) is 6.27. The van der Waals surface area contributed by atoms with Gasteiger partial charge >= 0.3 is 0 Å². The Morgan fingerprint density at radius 3 is 1.76 bits per heavy atom. The molecule has 0 amide bonds. The number of ether oxygens (including phenoxy) is 1. The van der Waals surface area contributed by atoms with E-state index in [1.54, 1.807) is 7.11 Å². The van der Waals surface area contributed by atoms with Gasteiger partial charge in [0.1, 0.15) is 5.75 Å². The first-order valence-electron chi connectivity index (χ1n) is 6.27. The lowest BCUT2D eigenvalue weighted by molar-refractivity contribution is 0.393. The number of methoxy groups -OCH3 is 1. The number of benzene rings is 1. The molecule has 0 bridgehead atoms. The number of hydrogen-bond acceptors (Lipinski definition) is 1. The van der Waals surface area contributed by atoms with Crippen LogP contribution in [0.5, 0.6) is 5.75 Å². The quantitative estimate of drug-likeness (QED) is 0.690. The molecule has 0 aliphatic heterocycles. The Morgan fingerprint density at radius 1 is 0.882 bits per heavy atom. The molecule has 0 atom stereocenters. The van der Waals surface area contributed by atoms with Crippen LogP contribution in [0.3, 0.4) is 0 Å². The van der Waals surface area contributed by atoms with E-state index in [2.05, 4.69) is 60.6 Å². The average molecular weight is 234 g/mol. The van der Waals surface area contributed by atoms with Gasteiger partial charge in [-0.2, -0.15) is 0 Å². The summed E-state index contributed by atoms with van der Waals surface area (Å²) in [5.41, 5.74) is 4.18. The molecule has 17 heavy (non-hydrogen) atoms. The maximum atomic E-state index is 5.57. The molecule has 0 fully saturated rings. The van der Waals surface area contributed by atoms with Crippen molar-refractivity contribution in [3.05, 3.63) is 28.8 Å². The van der Waals surface area contributed by atoms with E-state index in [4.69, 9.17) is 4.74 Å². The number of aryl methyl sites for hydroxylation is 1. The van der Waals surface area contributed by atoms with Gasteiger partial charge in [0.15, 0.2) is 0 Å². The molecule has 0 aliphatic rings. The summed E-state index contributed by atoms with van der Waals surface area (Å²) in [6.45, 7) is 15.6. The summed E-state index contributed by atoms with van der Waals surface area (Å²) in [7, 11) is 1.76. The van der Waals surface area contributed by atoms with Crippen molar-refractivity contribution in [3.8, 4) is 5.75 Å². The molecule has 0 unspecified atom stereocenters. The molecule has 0 saturated carbocycles. The molecular formula is C16H26O. The summed E-state index contributed by atoms with van der Waals surface area (Å²) in [5.74, 6) is 1.03. The van der Waals surface area contributed by atoms with Crippen LogP contribution in [0.15, 0.2) is 12.1 Å². The van der Waals surface area contributed by atoms with Crippen molar-refractivity contribution in [2.24, 2.45) is 0 Å². The predicted octanol–water partition coefficient (Wildman–Crippen LogP) is 4.60. The lowest BCUT2D eigenvalue weighted by Gasteiger charge is -2.28. The minimum atomic E-state index is 0.108. The van der Waals surface area contributed by atoms with Crippen molar-refractivity contribution >= 4 is 0 Å². The maximum absolute atomic E-state index is 5.57. The topological polar surface area (TPSA) is 9.23 Å². The van der Waals surface area contributed by atoms with Crippen LogP contribution in [-0.4, -0.2) is 7.11 Å². The molecule has 0 spiro atoms. The first-order chi connectivity index (χ1) is 7.57. The largest absolute Gasteiger partial charge is 0.496 e. The van der Waals surface area contributed by atoms with Crippen molar-refractivity contribution in [2.45, 2.75) is 59.3 Å². The summed E-state index contributed by atoms with van der Waals surface area (Å²) in [5, 5.41) is 0. The fraction of sp³-hybridized carbons (Fsp3) is 0.625. The van der Waals surface area contributed by atoms with E-state index in [9.17, 15) is 0 Å². The van der Waals surface area contributed by atoms with Crippen LogP contribution in [0.2, 0.25) is 0 Å². The molecule has 0 radical (unpaired) electrons. The van der Waals surface area contributed by atoms with Gasteiger partial charge in [0, 0.05) is 5.56 Å². The zero-order chi connectivity index (χ0) is 13.4. The molecule has 1 aromatic rings. The van der Waals surface area contributed by atoms with E-state index >= 15 is 0 Å². The lowest BCUT2D eigenvalue weighted by atomic mass is 9.79. The van der Waals surface area contributed by atoms with Gasteiger partial charge in [0.25, 0.3) is 0 Å². The second-order valence-electron chi connectivity index (χ2n) is 6.87. The van der Waals surface area contributed by atoms with E-state index in [0.717, 1.165) is 5.75 Å². The smallest absolute Gasteiger partial charge is 0.125 e. The monoisotopic (exact) mass is 234 g/mol. The Morgan fingerprint density at radius 2 is 1.41 bits per heavy atom. The van der Waals surface area contributed by atoms with Gasteiger partial charge in [-0.25, -0.2) is 0 Å². The van der Waals surface area contributed by atoms with Gasteiger partial charge in [-0.05, 0) is 28.9 Å². The highest BCUT2D eigenvalue weighted by molar-refractivity contribution is 5.48. The van der Waals surface area contributed by atoms with E-state index in [1.165, 1.54) is 16.7 Å². The van der Waals surface area contributed by atoms with Gasteiger partial charge in [0.2, 0.25) is 0 Å². The molecule has 0 aliphatic carbocycles. The highest BCUT2D eigenvalue weighted by Gasteiger charge is 2.24. The summed E-state index contributed by atoms with van der Waals surface area (Å²) >= 11 is 0. The summed E-state index contributed by atoms with van der Waals surface area (Å²) in [6, 6.07) is 4.54. The second-order valence-corrected chi connectivity index (χ2v) is 6.87. The SMILES string of the molecule is COc1c(C)cc(C(C)(C)C)cc1C(C)(C)C. The van der Waals surface area contributed by atoms with Crippen molar-refractivity contribution < 1.29 is 4.74 Å². The van der Waals surface area contributed by atoms with E-state index in [0.29, 0.717) is 0 Å². The van der Waals surface area contributed by atoms with Crippen molar-refractivity contribution in [3.63, 3.8) is 0 Å². The number of hydrogen-bond donors (Lipinski definition) is 0. The van der Waals surface area contributed by atoms with Crippen LogP contribution in [0.25, 0.3) is 0 Å². The summed E-state index contributed by atoms with van der Waals surface area (Å²) in [4.78, 5) is 0. The van der Waals surface area contributed by atoms with Crippen LogP contribution < -0.4 is 4.74 Å². The number of rotatable bonds is 1. The van der Waals surface area contributed by atoms with Gasteiger partial charge in [0.05, 0.1) is 7.11 Å². The highest BCUT2D eigenvalue weighted by Crippen LogP contribution is 2.37. The van der Waals surface area contributed by atoms with Crippen molar-refractivity contribution in [1.82, 2.24) is 0 Å². The molecule has 0 N–H and O–H groups in total. The van der Waals surface area contributed by atoms with Crippen LogP contribution in [-0.2, 0) is 10.8 Å². The lowest BCUT2D eigenvalue weighted by Crippen LogP contribution is -2.18. The van der Waals surface area contributed by atoms with E-state index in [-0.39, 0.29) is 10.8 Å². The van der Waals surface area contributed by atoms with Crippen molar-refractivity contribution in [2.75, 3.05) is 7.11 Å². The normalized spacial score (nSPS) is 12.7. The minimum Gasteiger partial charge on any atom is -0.496 e. The van der Waals surface area contributed by atoms with Gasteiger partial charge in [-0.1, -0.05) is 53.7 Å². The molecule has 1 aromatic carbocycles. The Kier molecular flexibility index (Phi) is 3.61. The molecule has 0 saturated heterocycles. The first kappa shape index (κ1) is 14.1. The Bertz CT molecular complexity index is 403. The highest BCUT2D eigenvalue weighted by atomic mass is 16.5. The maximum Gasteiger partial charge on any atom is 0.125 e. The Hall–Kier alpha value is -0.980. The Balaban J connectivity index is 3.51. The standard InChI is InChI=1S/C16H26O/c1-11-9-12(15(2,3)4)10-13(14(11)17-8)16(5,6)7/h9-10H,1-8H3. The third-order valence-electron chi connectivity index (χ3n) is 3.15. The summed E-state index contributed by atoms with van der Waals surface area (Å²) in [6.07, 6.45) is 0. The summed E-state index contributed by atoms with van der Waals surface area (Å²) < 4.78 is 5.57. The molecule has 0 aromatic heterocycles. The van der Waals surface area contributed by atoms with E-state index < -0.39 is 0 Å². The van der Waals surface area contributed by atoms with Crippen LogP contribution in [0.4, 0.5) is 0 Å². The van der Waals surface area contributed by atoms with Gasteiger partial charge < -0.3 is 4.74 Å². The fourth-order valence-corrected chi connectivity index (χ4v) is 2.03. The predicted molar refractivity (Wildman–Crippen MR) is 75.1 cm³/mol. The van der Waals surface area contributed by atoms with Crippen molar-refractivity contribution in [1.29, 1.82) is 0 Å². The van der Waals surface area contributed by atoms with Gasteiger partial charge in [-0.3, -0.25) is 0 Å². The second kappa shape index (κ2) is 4.36. The van der Waals surface area contributed by atoms with Gasteiger partial charge in [-0.15, -0.1) is 0 Å². The molecular weight excluding hydrogens is 208 g/mol. The molecule has 1 rings (SSSR count). The fourth-order valence-electron chi connectivity index (χ4n) is 2.03. The third kappa shape index (κ3) is 3.02. The minimum absolute atomic E-state index is 0.108. The van der Waals surface area contributed by atoms with Crippen LogP contribution in [0.1, 0.15) is 58.2 Å². The molecule has 1 heteroatoms.